The van der Waals surface area contributed by atoms with E-state index in [1.54, 1.807) is 6.08 Å². The molecule has 52 heavy (non-hydrogen) atoms. The van der Waals surface area contributed by atoms with Gasteiger partial charge in [0.2, 0.25) is 0 Å². The van der Waals surface area contributed by atoms with Crippen molar-refractivity contribution in [3.05, 3.63) is 221 Å². The Hall–Kier alpha value is -6.38. The van der Waals surface area contributed by atoms with E-state index in [2.05, 4.69) is 220 Å². The van der Waals surface area contributed by atoms with E-state index in [-0.39, 0.29) is 0 Å². The van der Waals surface area contributed by atoms with Crippen molar-refractivity contribution in [3.8, 4) is 0 Å². The van der Waals surface area contributed by atoms with Gasteiger partial charge in [-0.3, -0.25) is 0 Å². The van der Waals surface area contributed by atoms with Gasteiger partial charge in [-0.1, -0.05) is 134 Å². The van der Waals surface area contributed by atoms with Crippen LogP contribution in [0.1, 0.15) is 45.9 Å². The molecule has 0 unspecified atom stereocenters. The molecule has 0 aliphatic rings. The van der Waals surface area contributed by atoms with Crippen molar-refractivity contribution >= 4 is 52.7 Å². The SMILES string of the molecule is C=C/C=C\C=C(/C)N(c1ccc(C=Cc2ccc(C=Cc3ccc(N(c4cccc(C)c4)c4cccc(C)c4)cc3)cc2)cc1)c1cccc(C)c1. The molecule has 0 radical (unpaired) electrons. The molecule has 0 fully saturated rings. The van der Waals surface area contributed by atoms with Gasteiger partial charge in [0.1, 0.15) is 0 Å². The van der Waals surface area contributed by atoms with Crippen molar-refractivity contribution in [3.63, 3.8) is 0 Å². The summed E-state index contributed by atoms with van der Waals surface area (Å²) in [6.07, 6.45) is 16.5. The Kier molecular flexibility index (Phi) is 11.6. The minimum absolute atomic E-state index is 1.11. The Morgan fingerprint density at radius 3 is 1.25 bits per heavy atom. The number of aryl methyl sites for hydroxylation is 3. The van der Waals surface area contributed by atoms with E-state index in [9.17, 15) is 0 Å². The Morgan fingerprint density at radius 1 is 0.442 bits per heavy atom. The van der Waals surface area contributed by atoms with Crippen molar-refractivity contribution < 1.29 is 0 Å². The summed E-state index contributed by atoms with van der Waals surface area (Å²) >= 11 is 0. The predicted molar refractivity (Wildman–Crippen MR) is 228 cm³/mol. The van der Waals surface area contributed by atoms with Crippen LogP contribution in [0.5, 0.6) is 0 Å². The van der Waals surface area contributed by atoms with Gasteiger partial charge in [0.05, 0.1) is 0 Å². The average Bonchev–Trinajstić information content (AvgIpc) is 3.15. The molecule has 0 N–H and O–H groups in total. The fourth-order valence-electron chi connectivity index (χ4n) is 6.22. The van der Waals surface area contributed by atoms with Crippen LogP contribution in [-0.2, 0) is 0 Å². The zero-order valence-electron chi connectivity index (χ0n) is 30.6. The first-order valence-corrected chi connectivity index (χ1v) is 17.8. The Bertz CT molecular complexity index is 2190. The molecule has 6 rings (SSSR count). The van der Waals surface area contributed by atoms with Gasteiger partial charge in [-0.05, 0) is 133 Å². The highest BCUT2D eigenvalue weighted by Crippen LogP contribution is 2.36. The summed E-state index contributed by atoms with van der Waals surface area (Å²) in [5, 5.41) is 0. The molecule has 0 saturated carbocycles. The van der Waals surface area contributed by atoms with E-state index >= 15 is 0 Å². The van der Waals surface area contributed by atoms with Crippen LogP contribution in [0.15, 0.2) is 182 Å². The molecule has 0 aliphatic carbocycles. The highest BCUT2D eigenvalue weighted by atomic mass is 15.1. The van der Waals surface area contributed by atoms with E-state index in [0.717, 1.165) is 56.4 Å². The maximum Gasteiger partial charge on any atom is 0.0464 e. The van der Waals surface area contributed by atoms with Crippen molar-refractivity contribution in [2.45, 2.75) is 27.7 Å². The van der Waals surface area contributed by atoms with Crippen LogP contribution in [0, 0.1) is 20.8 Å². The minimum Gasteiger partial charge on any atom is -0.315 e. The highest BCUT2D eigenvalue weighted by Gasteiger charge is 2.13. The van der Waals surface area contributed by atoms with Gasteiger partial charge in [-0.25, -0.2) is 0 Å². The van der Waals surface area contributed by atoms with Crippen molar-refractivity contribution in [1.82, 2.24) is 0 Å². The number of hydrogen-bond donors (Lipinski definition) is 0. The van der Waals surface area contributed by atoms with Gasteiger partial charge >= 0.3 is 0 Å². The van der Waals surface area contributed by atoms with Crippen LogP contribution < -0.4 is 9.80 Å². The molecule has 0 heterocycles. The Morgan fingerprint density at radius 2 is 0.827 bits per heavy atom. The van der Waals surface area contributed by atoms with Crippen LogP contribution in [0.3, 0.4) is 0 Å². The number of anilines is 5. The van der Waals surface area contributed by atoms with Crippen molar-refractivity contribution in [2.24, 2.45) is 0 Å². The maximum absolute atomic E-state index is 3.79. The molecule has 0 aliphatic heterocycles. The maximum atomic E-state index is 3.79. The van der Waals surface area contributed by atoms with E-state index in [0.29, 0.717) is 0 Å². The summed E-state index contributed by atoms with van der Waals surface area (Å²) in [5.41, 5.74) is 15.2. The normalized spacial score (nSPS) is 11.8. The molecule has 6 aromatic carbocycles. The summed E-state index contributed by atoms with van der Waals surface area (Å²) in [5.74, 6) is 0. The molecule has 0 saturated heterocycles. The third-order valence-electron chi connectivity index (χ3n) is 8.89. The van der Waals surface area contributed by atoms with E-state index < -0.39 is 0 Å². The molecule has 2 heteroatoms. The third kappa shape index (κ3) is 9.24. The second-order valence-electron chi connectivity index (χ2n) is 13.1. The fourth-order valence-corrected chi connectivity index (χ4v) is 6.22. The van der Waals surface area contributed by atoms with Gasteiger partial charge in [0.15, 0.2) is 0 Å². The third-order valence-corrected chi connectivity index (χ3v) is 8.89. The summed E-state index contributed by atoms with van der Waals surface area (Å²) in [6.45, 7) is 12.3. The first-order valence-electron chi connectivity index (χ1n) is 17.8. The summed E-state index contributed by atoms with van der Waals surface area (Å²) in [4.78, 5) is 4.59. The molecule has 6 aromatic rings. The number of benzene rings is 6. The number of nitrogens with zero attached hydrogens (tertiary/aromatic N) is 2. The first-order chi connectivity index (χ1) is 25.4. The van der Waals surface area contributed by atoms with Crippen molar-refractivity contribution in [1.29, 1.82) is 0 Å². The summed E-state index contributed by atoms with van der Waals surface area (Å²) in [7, 11) is 0. The van der Waals surface area contributed by atoms with Gasteiger partial charge in [0, 0.05) is 34.1 Å². The predicted octanol–water partition coefficient (Wildman–Crippen LogP) is 14.2. The number of rotatable bonds is 12. The van der Waals surface area contributed by atoms with E-state index in [1.807, 2.05) is 12.2 Å². The summed E-state index contributed by atoms with van der Waals surface area (Å²) < 4.78 is 0. The lowest BCUT2D eigenvalue weighted by Gasteiger charge is -2.26. The monoisotopic (exact) mass is 674 g/mol. The van der Waals surface area contributed by atoms with Crippen LogP contribution in [0.25, 0.3) is 24.3 Å². The topological polar surface area (TPSA) is 6.48 Å². The molecule has 256 valence electrons. The molecule has 2 nitrogen and oxygen atoms in total. The van der Waals surface area contributed by atoms with E-state index in [4.69, 9.17) is 0 Å². The number of allylic oxidation sites excluding steroid dienone is 5. The Balaban J connectivity index is 1.13. The highest BCUT2D eigenvalue weighted by molar-refractivity contribution is 5.79. The molecule has 0 amide bonds. The molecular weight excluding hydrogens is 629 g/mol. The lowest BCUT2D eigenvalue weighted by atomic mass is 10.1. The molecular formula is C50H46N2. The smallest absolute Gasteiger partial charge is 0.0464 e. The quantitative estimate of drug-likeness (QED) is 0.0941. The van der Waals surface area contributed by atoms with Gasteiger partial charge in [-0.2, -0.15) is 0 Å². The minimum atomic E-state index is 1.11. The van der Waals surface area contributed by atoms with Crippen molar-refractivity contribution in [2.75, 3.05) is 9.80 Å². The van der Waals surface area contributed by atoms with Crippen LogP contribution in [0.2, 0.25) is 0 Å². The average molecular weight is 675 g/mol. The zero-order chi connectivity index (χ0) is 36.3. The van der Waals surface area contributed by atoms with Gasteiger partial charge in [-0.15, -0.1) is 0 Å². The second-order valence-corrected chi connectivity index (χ2v) is 13.1. The van der Waals surface area contributed by atoms with Gasteiger partial charge < -0.3 is 9.80 Å². The molecule has 0 bridgehead atoms. The number of hydrogen-bond acceptors (Lipinski definition) is 2. The van der Waals surface area contributed by atoms with Gasteiger partial charge in [0.25, 0.3) is 0 Å². The lowest BCUT2D eigenvalue weighted by Crippen LogP contribution is -2.14. The lowest BCUT2D eigenvalue weighted by molar-refractivity contribution is 1.15. The fraction of sp³-hybridized carbons (Fsp3) is 0.0800. The second kappa shape index (κ2) is 17.0. The molecule has 0 atom stereocenters. The standard InChI is InChI=1S/C50H46N2/c1-6-7-8-15-41(5)51(48-16-9-12-38(2)35-48)46-31-27-44(28-32-46)25-23-42-19-21-43(22-20-42)24-26-45-29-33-47(34-30-45)52(49-17-10-13-39(3)36-49)50-18-11-14-40(4)37-50/h6-37H,1H2,2-5H3/b8-7-,25-23?,26-24?,41-15+. The molecule has 0 aromatic heterocycles. The summed E-state index contributed by atoms with van der Waals surface area (Å²) in [6, 6.07) is 52.1. The largest absolute Gasteiger partial charge is 0.315 e. The zero-order valence-corrected chi connectivity index (χ0v) is 30.6. The van der Waals surface area contributed by atoms with E-state index in [1.165, 1.54) is 16.7 Å². The van der Waals surface area contributed by atoms with Crippen LogP contribution in [-0.4, -0.2) is 0 Å². The molecule has 0 spiro atoms. The van der Waals surface area contributed by atoms with Crippen LogP contribution in [0.4, 0.5) is 28.4 Å². The van der Waals surface area contributed by atoms with Crippen LogP contribution >= 0.6 is 0 Å². The first kappa shape index (κ1) is 35.4. The Labute approximate surface area is 310 Å².